The first kappa shape index (κ1) is 17.5. The number of hydrogen-bond donors (Lipinski definition) is 0. The number of aryl methyl sites for hydroxylation is 1. The normalized spacial score (nSPS) is 11.0. The van der Waals surface area contributed by atoms with Crippen molar-refractivity contribution in [3.8, 4) is 0 Å². The minimum absolute atomic E-state index is 0.113. The van der Waals surface area contributed by atoms with E-state index < -0.39 is 0 Å². The van der Waals surface area contributed by atoms with Gasteiger partial charge < -0.3 is 4.90 Å². The van der Waals surface area contributed by atoms with Crippen LogP contribution in [0.2, 0.25) is 0 Å². The molecule has 0 bridgehead atoms. The second-order valence-electron chi connectivity index (χ2n) is 5.52. The summed E-state index contributed by atoms with van der Waals surface area (Å²) < 4.78 is 2.22. The summed E-state index contributed by atoms with van der Waals surface area (Å²) in [7, 11) is 1.84. The van der Waals surface area contributed by atoms with Crippen LogP contribution in [-0.4, -0.2) is 28.6 Å². The smallest absolute Gasteiger partial charge is 0.233 e. The van der Waals surface area contributed by atoms with E-state index in [1.165, 1.54) is 5.56 Å². The zero-order valence-electron chi connectivity index (χ0n) is 13.5. The molecule has 0 spiro atoms. The Morgan fingerprint density at radius 2 is 2.08 bits per heavy atom. The Kier molecular flexibility index (Phi) is 5.58. The first-order valence-corrected chi connectivity index (χ1v) is 10.1. The molecule has 0 radical (unpaired) electrons. The highest BCUT2D eigenvalue weighted by Crippen LogP contribution is 2.26. The maximum absolute atomic E-state index is 12.4. The third-order valence-corrected chi connectivity index (χ3v) is 6.30. The van der Waals surface area contributed by atoms with Crippen LogP contribution in [0.3, 0.4) is 0 Å². The van der Waals surface area contributed by atoms with Crippen LogP contribution in [0.25, 0.3) is 10.2 Å². The third-order valence-electron chi connectivity index (χ3n) is 3.62. The summed E-state index contributed by atoms with van der Waals surface area (Å²) in [5, 5.41) is 0.969. The molecule has 0 atom stereocenters. The average Bonchev–Trinajstić information content (AvgIpc) is 2.95. The van der Waals surface area contributed by atoms with Crippen LogP contribution >= 0.6 is 39.0 Å². The average molecular weight is 421 g/mol. The van der Waals surface area contributed by atoms with E-state index in [-0.39, 0.29) is 5.91 Å². The molecule has 6 heteroatoms. The largest absolute Gasteiger partial charge is 0.338 e. The van der Waals surface area contributed by atoms with Gasteiger partial charge in [-0.2, -0.15) is 0 Å². The summed E-state index contributed by atoms with van der Waals surface area (Å²) in [6.07, 6.45) is 0. The molecule has 3 aromatic rings. The number of amides is 1. The highest BCUT2D eigenvalue weighted by molar-refractivity contribution is 9.10. The molecule has 0 saturated heterocycles. The molecule has 0 saturated carbocycles. The van der Waals surface area contributed by atoms with Gasteiger partial charge in [-0.15, -0.1) is 23.1 Å². The van der Waals surface area contributed by atoms with E-state index in [4.69, 9.17) is 0 Å². The number of aromatic nitrogens is 1. The lowest BCUT2D eigenvalue weighted by Crippen LogP contribution is -2.27. The second-order valence-corrected chi connectivity index (χ2v) is 8.57. The summed E-state index contributed by atoms with van der Waals surface area (Å²) in [5.41, 5.74) is 2.18. The fraction of sp³-hybridized carbons (Fsp3) is 0.222. The number of rotatable bonds is 5. The second kappa shape index (κ2) is 7.68. The van der Waals surface area contributed by atoms with E-state index in [1.807, 2.05) is 37.4 Å². The standard InChI is InChI=1S/C18H17BrN2OS2/c1-12-9-13(19)7-8-15(12)23-11-18(22)21(2)10-17-20-14-5-3-4-6-16(14)24-17/h3-9H,10-11H2,1-2H3. The van der Waals surface area contributed by atoms with Crippen LogP contribution in [0.1, 0.15) is 10.6 Å². The van der Waals surface area contributed by atoms with Crippen molar-refractivity contribution in [3.63, 3.8) is 0 Å². The lowest BCUT2D eigenvalue weighted by molar-refractivity contribution is -0.127. The number of fused-ring (bicyclic) bond motifs is 1. The van der Waals surface area contributed by atoms with Crippen molar-refractivity contribution in [2.45, 2.75) is 18.4 Å². The summed E-state index contributed by atoms with van der Waals surface area (Å²) in [4.78, 5) is 19.9. The summed E-state index contributed by atoms with van der Waals surface area (Å²) in [6, 6.07) is 14.2. The van der Waals surface area contributed by atoms with Crippen molar-refractivity contribution in [2.75, 3.05) is 12.8 Å². The quantitative estimate of drug-likeness (QED) is 0.537. The molecule has 3 rings (SSSR count). The van der Waals surface area contributed by atoms with Crippen LogP contribution in [0, 0.1) is 6.92 Å². The first-order chi connectivity index (χ1) is 11.5. The Labute approximate surface area is 158 Å². The number of thioether (sulfide) groups is 1. The van der Waals surface area contributed by atoms with Gasteiger partial charge in [0.2, 0.25) is 5.91 Å². The van der Waals surface area contributed by atoms with Crippen LogP contribution in [0.5, 0.6) is 0 Å². The zero-order valence-corrected chi connectivity index (χ0v) is 16.7. The Morgan fingerprint density at radius 1 is 1.29 bits per heavy atom. The molecule has 1 amide bonds. The van der Waals surface area contributed by atoms with E-state index in [0.717, 1.165) is 24.6 Å². The van der Waals surface area contributed by atoms with Gasteiger partial charge in [-0.25, -0.2) is 4.98 Å². The lowest BCUT2D eigenvalue weighted by Gasteiger charge is -2.15. The highest BCUT2D eigenvalue weighted by atomic mass is 79.9. The Bertz CT molecular complexity index is 845. The van der Waals surface area contributed by atoms with Gasteiger partial charge in [0.15, 0.2) is 0 Å². The summed E-state index contributed by atoms with van der Waals surface area (Å²) >= 11 is 6.68. The van der Waals surface area contributed by atoms with Crippen molar-refractivity contribution >= 4 is 55.2 Å². The van der Waals surface area contributed by atoms with Gasteiger partial charge in [-0.3, -0.25) is 4.79 Å². The topological polar surface area (TPSA) is 33.2 Å². The molecule has 0 unspecified atom stereocenters. The zero-order chi connectivity index (χ0) is 17.1. The predicted molar refractivity (Wildman–Crippen MR) is 106 cm³/mol. The highest BCUT2D eigenvalue weighted by Gasteiger charge is 2.13. The van der Waals surface area contributed by atoms with Crippen molar-refractivity contribution in [3.05, 3.63) is 57.5 Å². The molecule has 1 aromatic heterocycles. The first-order valence-electron chi connectivity index (χ1n) is 7.50. The number of para-hydroxylation sites is 1. The van der Waals surface area contributed by atoms with Crippen molar-refractivity contribution in [1.29, 1.82) is 0 Å². The van der Waals surface area contributed by atoms with Gasteiger partial charge >= 0.3 is 0 Å². The monoisotopic (exact) mass is 420 g/mol. The Hall–Kier alpha value is -1.37. The molecule has 24 heavy (non-hydrogen) atoms. The minimum Gasteiger partial charge on any atom is -0.338 e. The lowest BCUT2D eigenvalue weighted by atomic mass is 10.2. The predicted octanol–water partition coefficient (Wildman–Crippen LogP) is 5.12. The van der Waals surface area contributed by atoms with Gasteiger partial charge in [0.1, 0.15) is 5.01 Å². The SMILES string of the molecule is Cc1cc(Br)ccc1SCC(=O)N(C)Cc1nc2ccccc2s1. The van der Waals surface area contributed by atoms with Gasteiger partial charge in [-0.05, 0) is 42.8 Å². The molecule has 0 aliphatic carbocycles. The minimum atomic E-state index is 0.113. The van der Waals surface area contributed by atoms with Crippen LogP contribution in [0.15, 0.2) is 51.8 Å². The number of benzene rings is 2. The molecule has 0 N–H and O–H groups in total. The molecule has 0 fully saturated rings. The number of carbonyl (C=O) groups excluding carboxylic acids is 1. The van der Waals surface area contributed by atoms with Crippen molar-refractivity contribution in [2.24, 2.45) is 0 Å². The molecule has 2 aromatic carbocycles. The van der Waals surface area contributed by atoms with Crippen LogP contribution < -0.4 is 0 Å². The molecule has 0 aliphatic heterocycles. The third kappa shape index (κ3) is 4.18. The van der Waals surface area contributed by atoms with Gasteiger partial charge in [-0.1, -0.05) is 28.1 Å². The van der Waals surface area contributed by atoms with Crippen LogP contribution in [0.4, 0.5) is 0 Å². The molecule has 0 aliphatic rings. The van der Waals surface area contributed by atoms with E-state index in [9.17, 15) is 4.79 Å². The Balaban J connectivity index is 1.60. The number of halogens is 1. The number of hydrogen-bond acceptors (Lipinski definition) is 4. The van der Waals surface area contributed by atoms with E-state index in [2.05, 4.69) is 40.0 Å². The molecular weight excluding hydrogens is 404 g/mol. The van der Waals surface area contributed by atoms with Crippen molar-refractivity contribution < 1.29 is 4.79 Å². The summed E-state index contributed by atoms with van der Waals surface area (Å²) in [5.74, 6) is 0.547. The number of nitrogens with zero attached hydrogens (tertiary/aromatic N) is 2. The summed E-state index contributed by atoms with van der Waals surface area (Å²) in [6.45, 7) is 2.61. The fourth-order valence-electron chi connectivity index (χ4n) is 2.30. The van der Waals surface area contributed by atoms with E-state index in [1.54, 1.807) is 28.0 Å². The number of thiazole rings is 1. The molecular formula is C18H17BrN2OS2. The van der Waals surface area contributed by atoms with E-state index >= 15 is 0 Å². The maximum Gasteiger partial charge on any atom is 0.233 e. The molecule has 124 valence electrons. The van der Waals surface area contributed by atoms with Crippen LogP contribution in [-0.2, 0) is 11.3 Å². The van der Waals surface area contributed by atoms with Gasteiger partial charge in [0, 0.05) is 16.4 Å². The molecule has 3 nitrogen and oxygen atoms in total. The Morgan fingerprint density at radius 3 is 2.83 bits per heavy atom. The maximum atomic E-state index is 12.4. The van der Waals surface area contributed by atoms with Gasteiger partial charge in [0.05, 0.1) is 22.5 Å². The molecule has 1 heterocycles. The van der Waals surface area contributed by atoms with E-state index in [0.29, 0.717) is 12.3 Å². The van der Waals surface area contributed by atoms with Gasteiger partial charge in [0.25, 0.3) is 0 Å². The fourth-order valence-corrected chi connectivity index (χ4v) is 4.75. The van der Waals surface area contributed by atoms with Crippen molar-refractivity contribution in [1.82, 2.24) is 9.88 Å². The number of carbonyl (C=O) groups is 1.